The summed E-state index contributed by atoms with van der Waals surface area (Å²) in [6.45, 7) is 6.39. The van der Waals surface area contributed by atoms with Crippen molar-refractivity contribution in [2.45, 2.75) is 6.92 Å². The van der Waals surface area contributed by atoms with Crippen molar-refractivity contribution in [3.8, 4) is 33.4 Å². The van der Waals surface area contributed by atoms with Crippen LogP contribution in [0.1, 0.15) is 23.8 Å². The predicted octanol–water partition coefficient (Wildman–Crippen LogP) is 15.2. The molecule has 10 aromatic rings. The number of allylic oxidation sites excluding steroid dienone is 1. The summed E-state index contributed by atoms with van der Waals surface area (Å²) in [6.07, 6.45) is 4.12. The SMILES string of the molecule is C=Cc1oc2ccc(-c3c4ccccc4c(-c4ccccc4)c4ccccc34)cc2c1/C(=C\C)c1c2ccccc2c(-c2ccsc2)c2ccccc12. The molecule has 53 heavy (non-hydrogen) atoms. The first-order chi connectivity index (χ1) is 26.2. The summed E-state index contributed by atoms with van der Waals surface area (Å²) in [5.41, 5.74) is 11.6. The molecule has 0 aliphatic carbocycles. The average Bonchev–Trinajstić information content (AvgIpc) is 3.88. The van der Waals surface area contributed by atoms with Gasteiger partial charge in [-0.25, -0.2) is 0 Å². The van der Waals surface area contributed by atoms with Crippen LogP contribution in [0.4, 0.5) is 0 Å². The van der Waals surface area contributed by atoms with Crippen molar-refractivity contribution in [2.75, 3.05) is 0 Å². The molecule has 8 aromatic carbocycles. The van der Waals surface area contributed by atoms with Gasteiger partial charge in [-0.05, 0) is 130 Å². The molecule has 0 amide bonds. The van der Waals surface area contributed by atoms with E-state index in [1.165, 1.54) is 76.5 Å². The first-order valence-corrected chi connectivity index (χ1v) is 19.0. The van der Waals surface area contributed by atoms with Crippen molar-refractivity contribution in [3.05, 3.63) is 192 Å². The van der Waals surface area contributed by atoms with Gasteiger partial charge in [0.05, 0.1) is 0 Å². The molecular formula is C51H34OS. The molecular weight excluding hydrogens is 661 g/mol. The largest absolute Gasteiger partial charge is 0.456 e. The van der Waals surface area contributed by atoms with Gasteiger partial charge in [0, 0.05) is 10.9 Å². The maximum absolute atomic E-state index is 6.64. The summed E-state index contributed by atoms with van der Waals surface area (Å²) in [5, 5.41) is 15.3. The molecule has 2 heteroatoms. The van der Waals surface area contributed by atoms with E-state index in [-0.39, 0.29) is 0 Å². The first-order valence-electron chi connectivity index (χ1n) is 18.1. The Kier molecular flexibility index (Phi) is 7.45. The summed E-state index contributed by atoms with van der Waals surface area (Å²) in [6, 6.07) is 55.0. The Hall–Kier alpha value is -6.48. The highest BCUT2D eigenvalue weighted by atomic mass is 32.1. The number of benzene rings is 8. The molecule has 0 saturated heterocycles. The molecule has 0 spiro atoms. The van der Waals surface area contributed by atoms with Crippen molar-refractivity contribution in [3.63, 3.8) is 0 Å². The second-order valence-corrected chi connectivity index (χ2v) is 14.3. The van der Waals surface area contributed by atoms with Gasteiger partial charge < -0.3 is 4.42 Å². The van der Waals surface area contributed by atoms with E-state index >= 15 is 0 Å². The molecule has 0 fully saturated rings. The van der Waals surface area contributed by atoms with Crippen molar-refractivity contribution in [1.29, 1.82) is 0 Å². The van der Waals surface area contributed by atoms with Crippen LogP contribution in [0.25, 0.3) is 99.1 Å². The number of rotatable bonds is 6. The highest BCUT2D eigenvalue weighted by Gasteiger charge is 2.24. The Morgan fingerprint density at radius 3 is 1.49 bits per heavy atom. The van der Waals surface area contributed by atoms with E-state index < -0.39 is 0 Å². The molecule has 2 aromatic heterocycles. The third-order valence-electron chi connectivity index (χ3n) is 10.8. The van der Waals surface area contributed by atoms with Gasteiger partial charge in [0.2, 0.25) is 0 Å². The van der Waals surface area contributed by atoms with Crippen LogP contribution in [0.5, 0.6) is 0 Å². The van der Waals surface area contributed by atoms with Crippen molar-refractivity contribution in [1.82, 2.24) is 0 Å². The third kappa shape index (κ3) is 4.84. The number of thiophene rings is 1. The molecule has 0 N–H and O–H groups in total. The van der Waals surface area contributed by atoms with Gasteiger partial charge in [0.15, 0.2) is 0 Å². The van der Waals surface area contributed by atoms with Crippen LogP contribution in [0, 0.1) is 0 Å². The molecule has 250 valence electrons. The lowest BCUT2D eigenvalue weighted by Gasteiger charge is -2.19. The minimum atomic E-state index is 0.773. The molecule has 0 saturated carbocycles. The van der Waals surface area contributed by atoms with Gasteiger partial charge in [-0.3, -0.25) is 0 Å². The van der Waals surface area contributed by atoms with Crippen LogP contribution in [0.3, 0.4) is 0 Å². The molecule has 0 atom stereocenters. The number of furan rings is 1. The summed E-state index contributed by atoms with van der Waals surface area (Å²) >= 11 is 1.74. The van der Waals surface area contributed by atoms with E-state index in [0.717, 1.165) is 33.4 Å². The molecule has 0 radical (unpaired) electrons. The quantitative estimate of drug-likeness (QED) is 0.158. The lowest BCUT2D eigenvalue weighted by atomic mass is 9.83. The van der Waals surface area contributed by atoms with E-state index in [1.807, 2.05) is 6.08 Å². The van der Waals surface area contributed by atoms with Gasteiger partial charge in [-0.1, -0.05) is 146 Å². The Morgan fingerprint density at radius 1 is 0.491 bits per heavy atom. The number of hydrogen-bond acceptors (Lipinski definition) is 2. The second-order valence-electron chi connectivity index (χ2n) is 13.5. The van der Waals surface area contributed by atoms with E-state index in [4.69, 9.17) is 4.42 Å². The fraction of sp³-hybridized carbons (Fsp3) is 0.0196. The van der Waals surface area contributed by atoms with Gasteiger partial charge >= 0.3 is 0 Å². The molecule has 0 unspecified atom stereocenters. The van der Waals surface area contributed by atoms with Gasteiger partial charge in [0.25, 0.3) is 0 Å². The van der Waals surface area contributed by atoms with Crippen molar-refractivity contribution < 1.29 is 4.42 Å². The minimum absolute atomic E-state index is 0.773. The van der Waals surface area contributed by atoms with Crippen LogP contribution in [0.2, 0.25) is 0 Å². The first kappa shape index (κ1) is 31.3. The fourth-order valence-electron chi connectivity index (χ4n) is 8.60. The molecule has 0 aliphatic rings. The zero-order chi connectivity index (χ0) is 35.5. The predicted molar refractivity (Wildman–Crippen MR) is 230 cm³/mol. The monoisotopic (exact) mass is 694 g/mol. The van der Waals surface area contributed by atoms with Crippen molar-refractivity contribution >= 4 is 77.0 Å². The number of hydrogen-bond donors (Lipinski definition) is 0. The minimum Gasteiger partial charge on any atom is -0.456 e. The highest BCUT2D eigenvalue weighted by molar-refractivity contribution is 7.08. The van der Waals surface area contributed by atoms with Crippen LogP contribution in [-0.4, -0.2) is 0 Å². The summed E-state index contributed by atoms with van der Waals surface area (Å²) in [4.78, 5) is 0. The molecule has 2 heterocycles. The topological polar surface area (TPSA) is 13.1 Å². The normalized spacial score (nSPS) is 12.1. The van der Waals surface area contributed by atoms with E-state index in [1.54, 1.807) is 11.3 Å². The standard InChI is InChI=1S/C51H34OS/c1-3-35(50-42-24-14-12-22-40(42)49(34-28-29-53-31-34)41-23-13-15-25-43(41)50)51-44-30-33(26-27-46(44)52-45(51)4-2)48-38-20-10-8-18-36(38)47(32-16-6-5-7-17-32)37-19-9-11-21-39(37)48/h3-31H,2H2,1H3/b35-3-. The van der Waals surface area contributed by atoms with Gasteiger partial charge in [-0.2, -0.15) is 11.3 Å². The third-order valence-corrected chi connectivity index (χ3v) is 11.4. The summed E-state index contributed by atoms with van der Waals surface area (Å²) < 4.78 is 6.64. The fourth-order valence-corrected chi connectivity index (χ4v) is 9.25. The summed E-state index contributed by atoms with van der Waals surface area (Å²) in [7, 11) is 0. The lowest BCUT2D eigenvalue weighted by molar-refractivity contribution is 0.603. The van der Waals surface area contributed by atoms with E-state index in [2.05, 4.69) is 182 Å². The Labute approximate surface area is 312 Å². The lowest BCUT2D eigenvalue weighted by Crippen LogP contribution is -1.96. The molecule has 10 rings (SSSR count). The van der Waals surface area contributed by atoms with Gasteiger partial charge in [-0.15, -0.1) is 0 Å². The zero-order valence-electron chi connectivity index (χ0n) is 29.3. The number of fused-ring (bicyclic) bond motifs is 5. The van der Waals surface area contributed by atoms with E-state index in [9.17, 15) is 0 Å². The van der Waals surface area contributed by atoms with Crippen molar-refractivity contribution in [2.24, 2.45) is 0 Å². The van der Waals surface area contributed by atoms with Crippen LogP contribution in [-0.2, 0) is 0 Å². The maximum Gasteiger partial charge on any atom is 0.135 e. The molecule has 0 aliphatic heterocycles. The smallest absolute Gasteiger partial charge is 0.135 e. The second kappa shape index (κ2) is 12.6. The van der Waals surface area contributed by atoms with Crippen LogP contribution < -0.4 is 0 Å². The van der Waals surface area contributed by atoms with Gasteiger partial charge in [0.1, 0.15) is 11.3 Å². The Morgan fingerprint density at radius 2 is 0.981 bits per heavy atom. The Balaban J connectivity index is 1.27. The molecule has 0 bridgehead atoms. The van der Waals surface area contributed by atoms with Crippen LogP contribution in [0.15, 0.2) is 179 Å². The Bertz CT molecular complexity index is 2950. The zero-order valence-corrected chi connectivity index (χ0v) is 30.1. The highest BCUT2D eigenvalue weighted by Crippen LogP contribution is 2.48. The summed E-state index contributed by atoms with van der Waals surface area (Å²) in [5.74, 6) is 0.773. The van der Waals surface area contributed by atoms with E-state index in [0.29, 0.717) is 0 Å². The average molecular weight is 695 g/mol. The molecule has 1 nitrogen and oxygen atoms in total. The van der Waals surface area contributed by atoms with Crippen LogP contribution >= 0.6 is 11.3 Å². The maximum atomic E-state index is 6.64.